The van der Waals surface area contributed by atoms with Gasteiger partial charge < -0.3 is 20.9 Å². The number of carbonyl (C=O) groups excluding carboxylic acids is 1. The van der Waals surface area contributed by atoms with Crippen molar-refractivity contribution in [3.63, 3.8) is 0 Å². The number of hydrogen-bond acceptors (Lipinski definition) is 4. The molecule has 90 valence electrons. The first-order chi connectivity index (χ1) is 6.99. The first-order valence-corrected chi connectivity index (χ1v) is 5.19. The lowest BCUT2D eigenvalue weighted by atomic mass is 10.1. The molecular weight excluding hydrogens is 196 g/mol. The lowest BCUT2D eigenvalue weighted by Gasteiger charge is -2.16. The number of amides is 1. The van der Waals surface area contributed by atoms with Crippen LogP contribution in [-0.4, -0.2) is 43.4 Å². The molecule has 0 aliphatic carbocycles. The van der Waals surface area contributed by atoms with E-state index >= 15 is 0 Å². The third-order valence-corrected chi connectivity index (χ3v) is 2.16. The van der Waals surface area contributed by atoms with Gasteiger partial charge in [0.1, 0.15) is 0 Å². The summed E-state index contributed by atoms with van der Waals surface area (Å²) < 4.78 is 4.76. The second-order valence-electron chi connectivity index (χ2n) is 3.96. The zero-order valence-corrected chi connectivity index (χ0v) is 9.69. The Bertz CT molecular complexity index is 186. The lowest BCUT2D eigenvalue weighted by Crippen LogP contribution is -2.44. The number of rotatable bonds is 7. The molecule has 0 saturated carbocycles. The van der Waals surface area contributed by atoms with Crippen LogP contribution in [0.1, 0.15) is 20.3 Å². The molecule has 1 amide bonds. The van der Waals surface area contributed by atoms with Crippen molar-refractivity contribution in [3.8, 4) is 0 Å². The van der Waals surface area contributed by atoms with Crippen LogP contribution in [0, 0.1) is 5.92 Å². The molecule has 0 radical (unpaired) electrons. The number of nitrogens with one attached hydrogen (secondary N) is 1. The second kappa shape index (κ2) is 7.62. The van der Waals surface area contributed by atoms with E-state index in [2.05, 4.69) is 5.32 Å². The van der Waals surface area contributed by atoms with Crippen molar-refractivity contribution in [1.29, 1.82) is 0 Å². The highest BCUT2D eigenvalue weighted by atomic mass is 16.5. The van der Waals surface area contributed by atoms with Crippen molar-refractivity contribution >= 4 is 5.91 Å². The van der Waals surface area contributed by atoms with Crippen molar-refractivity contribution in [2.45, 2.75) is 32.4 Å². The molecule has 0 bridgehead atoms. The molecule has 0 heterocycles. The maximum absolute atomic E-state index is 11.4. The minimum atomic E-state index is -0.537. The van der Waals surface area contributed by atoms with E-state index in [1.165, 1.54) is 7.11 Å². The summed E-state index contributed by atoms with van der Waals surface area (Å²) >= 11 is 0. The normalized spacial score (nSPS) is 15.1. The van der Waals surface area contributed by atoms with Gasteiger partial charge >= 0.3 is 0 Å². The highest BCUT2D eigenvalue weighted by molar-refractivity contribution is 5.81. The molecule has 0 spiro atoms. The van der Waals surface area contributed by atoms with E-state index in [9.17, 15) is 9.90 Å². The van der Waals surface area contributed by atoms with E-state index in [1.54, 1.807) is 0 Å². The van der Waals surface area contributed by atoms with Gasteiger partial charge in [-0.15, -0.1) is 0 Å². The van der Waals surface area contributed by atoms with Crippen molar-refractivity contribution in [2.75, 3.05) is 20.3 Å². The zero-order valence-electron chi connectivity index (χ0n) is 9.69. The molecular formula is C10H22N2O3. The Morgan fingerprint density at radius 1 is 1.53 bits per heavy atom. The average Bonchev–Trinajstić information content (AvgIpc) is 2.16. The highest BCUT2D eigenvalue weighted by Gasteiger charge is 2.16. The van der Waals surface area contributed by atoms with Gasteiger partial charge in [-0.3, -0.25) is 4.79 Å². The highest BCUT2D eigenvalue weighted by Crippen LogP contribution is 1.98. The number of ether oxygens (including phenoxy) is 1. The van der Waals surface area contributed by atoms with Gasteiger partial charge in [-0.05, 0) is 12.3 Å². The summed E-state index contributed by atoms with van der Waals surface area (Å²) in [5.41, 5.74) is 5.64. The largest absolute Gasteiger partial charge is 0.391 e. The van der Waals surface area contributed by atoms with Crippen LogP contribution in [0.2, 0.25) is 0 Å². The van der Waals surface area contributed by atoms with E-state index in [0.29, 0.717) is 13.0 Å². The minimum Gasteiger partial charge on any atom is -0.391 e. The first kappa shape index (κ1) is 14.3. The van der Waals surface area contributed by atoms with E-state index in [-0.39, 0.29) is 18.4 Å². The van der Waals surface area contributed by atoms with E-state index in [4.69, 9.17) is 10.5 Å². The van der Waals surface area contributed by atoms with Gasteiger partial charge in [0.05, 0.1) is 18.8 Å². The average molecular weight is 218 g/mol. The molecule has 0 rings (SSSR count). The molecule has 4 N–H and O–H groups in total. The Kier molecular flexibility index (Phi) is 7.29. The Balaban J connectivity index is 3.63. The van der Waals surface area contributed by atoms with Gasteiger partial charge in [-0.25, -0.2) is 0 Å². The molecule has 0 aliphatic rings. The third-order valence-electron chi connectivity index (χ3n) is 2.16. The van der Waals surface area contributed by atoms with E-state index in [0.717, 1.165) is 0 Å². The Labute approximate surface area is 91.0 Å². The third kappa shape index (κ3) is 6.43. The fourth-order valence-electron chi connectivity index (χ4n) is 1.06. The Hall–Kier alpha value is -0.650. The molecule has 0 fully saturated rings. The standard InChI is InChI=1S/C10H22N2O3/c1-7(2)9(11)10(14)12-5-4-8(13)6-15-3/h7-9,13H,4-6,11H2,1-3H3,(H,12,14). The fourth-order valence-corrected chi connectivity index (χ4v) is 1.06. The van der Waals surface area contributed by atoms with Crippen LogP contribution in [0.4, 0.5) is 0 Å². The van der Waals surface area contributed by atoms with Crippen molar-refractivity contribution < 1.29 is 14.6 Å². The van der Waals surface area contributed by atoms with Crippen LogP contribution in [0.25, 0.3) is 0 Å². The predicted molar refractivity (Wildman–Crippen MR) is 58.3 cm³/mol. The SMILES string of the molecule is COCC(O)CCNC(=O)C(N)C(C)C. The summed E-state index contributed by atoms with van der Waals surface area (Å²) in [6.45, 7) is 4.49. The summed E-state index contributed by atoms with van der Waals surface area (Å²) in [6, 6.07) is -0.482. The maximum atomic E-state index is 11.4. The van der Waals surface area contributed by atoms with Crippen LogP contribution >= 0.6 is 0 Å². The molecule has 2 unspecified atom stereocenters. The number of carbonyl (C=O) groups is 1. The lowest BCUT2D eigenvalue weighted by molar-refractivity contribution is -0.123. The van der Waals surface area contributed by atoms with Gasteiger partial charge in [0.15, 0.2) is 0 Å². The van der Waals surface area contributed by atoms with Crippen LogP contribution in [0.5, 0.6) is 0 Å². The molecule has 0 aromatic rings. The molecule has 0 aromatic carbocycles. The zero-order chi connectivity index (χ0) is 11.8. The van der Waals surface area contributed by atoms with Gasteiger partial charge in [-0.1, -0.05) is 13.8 Å². The maximum Gasteiger partial charge on any atom is 0.237 e. The van der Waals surface area contributed by atoms with Gasteiger partial charge in [0.25, 0.3) is 0 Å². The predicted octanol–water partition coefficient (Wildman–Crippen LogP) is -0.517. The molecule has 15 heavy (non-hydrogen) atoms. The molecule has 0 aliphatic heterocycles. The minimum absolute atomic E-state index is 0.119. The number of hydrogen-bond donors (Lipinski definition) is 3. The monoisotopic (exact) mass is 218 g/mol. The van der Waals surface area contributed by atoms with Gasteiger partial charge in [0, 0.05) is 13.7 Å². The van der Waals surface area contributed by atoms with Gasteiger partial charge in [-0.2, -0.15) is 0 Å². The van der Waals surface area contributed by atoms with Crippen LogP contribution < -0.4 is 11.1 Å². The second-order valence-corrected chi connectivity index (χ2v) is 3.96. The Morgan fingerprint density at radius 3 is 2.60 bits per heavy atom. The Morgan fingerprint density at radius 2 is 2.13 bits per heavy atom. The number of aliphatic hydroxyl groups is 1. The summed E-state index contributed by atoms with van der Waals surface area (Å²) in [5.74, 6) is -0.0523. The first-order valence-electron chi connectivity index (χ1n) is 5.19. The van der Waals surface area contributed by atoms with Crippen molar-refractivity contribution in [2.24, 2.45) is 11.7 Å². The summed E-state index contributed by atoms with van der Waals surface area (Å²) in [7, 11) is 1.52. The van der Waals surface area contributed by atoms with Crippen molar-refractivity contribution in [1.82, 2.24) is 5.32 Å². The van der Waals surface area contributed by atoms with Crippen LogP contribution in [-0.2, 0) is 9.53 Å². The molecule has 5 heteroatoms. The smallest absolute Gasteiger partial charge is 0.237 e. The topological polar surface area (TPSA) is 84.6 Å². The fraction of sp³-hybridized carbons (Fsp3) is 0.900. The summed E-state index contributed by atoms with van der Waals surface area (Å²) in [6.07, 6.45) is -0.0599. The van der Waals surface area contributed by atoms with Crippen LogP contribution in [0.15, 0.2) is 0 Å². The van der Waals surface area contributed by atoms with Crippen LogP contribution in [0.3, 0.4) is 0 Å². The molecule has 5 nitrogen and oxygen atoms in total. The van der Waals surface area contributed by atoms with Gasteiger partial charge in [0.2, 0.25) is 5.91 Å². The van der Waals surface area contributed by atoms with E-state index in [1.807, 2.05) is 13.8 Å². The number of aliphatic hydroxyl groups excluding tert-OH is 1. The van der Waals surface area contributed by atoms with E-state index < -0.39 is 12.1 Å². The summed E-state index contributed by atoms with van der Waals surface area (Å²) in [4.78, 5) is 11.4. The number of nitrogens with two attached hydrogens (primary N) is 1. The molecule has 2 atom stereocenters. The molecule has 0 saturated heterocycles. The summed E-state index contributed by atoms with van der Waals surface area (Å²) in [5, 5.41) is 12.0. The molecule has 0 aromatic heterocycles. The number of methoxy groups -OCH3 is 1. The van der Waals surface area contributed by atoms with Crippen molar-refractivity contribution in [3.05, 3.63) is 0 Å². The quantitative estimate of drug-likeness (QED) is 0.537.